The molecule has 0 bridgehead atoms. The fourth-order valence-electron chi connectivity index (χ4n) is 3.14. The molecule has 0 radical (unpaired) electrons. The van der Waals surface area contributed by atoms with Crippen LogP contribution in [0.2, 0.25) is 0 Å². The number of morpholine rings is 1. The molecule has 1 heterocycles. The van der Waals surface area contributed by atoms with Crippen LogP contribution in [0.3, 0.4) is 0 Å². The average Bonchev–Trinajstić information content (AvgIpc) is 2.68. The summed E-state index contributed by atoms with van der Waals surface area (Å²) < 4.78 is 5.29. The summed E-state index contributed by atoms with van der Waals surface area (Å²) in [5, 5.41) is 2.88. The smallest absolute Gasteiger partial charge is 0.245 e. The SMILES string of the molecule is CC(C)C[C@@H](NC(=O)CCCC(=O)c1ccccc1)C(=O)N1CCOCC1. The number of carbonyl (C=O) groups excluding carboxylic acids is 3. The van der Waals surface area contributed by atoms with Crippen molar-refractivity contribution in [2.75, 3.05) is 26.3 Å². The van der Waals surface area contributed by atoms with Gasteiger partial charge >= 0.3 is 0 Å². The summed E-state index contributed by atoms with van der Waals surface area (Å²) in [6, 6.07) is 8.57. The van der Waals surface area contributed by atoms with Crippen molar-refractivity contribution in [3.8, 4) is 0 Å². The van der Waals surface area contributed by atoms with Gasteiger partial charge < -0.3 is 15.0 Å². The van der Waals surface area contributed by atoms with Gasteiger partial charge in [-0.3, -0.25) is 14.4 Å². The van der Waals surface area contributed by atoms with Gasteiger partial charge in [-0.15, -0.1) is 0 Å². The summed E-state index contributed by atoms with van der Waals surface area (Å²) in [6.45, 7) is 6.27. The zero-order valence-corrected chi connectivity index (χ0v) is 16.3. The van der Waals surface area contributed by atoms with Crippen LogP contribution in [0, 0.1) is 5.92 Å². The standard InChI is InChI=1S/C21H30N2O4/c1-16(2)15-18(21(26)23-11-13-27-14-12-23)22-20(25)10-6-9-19(24)17-7-4-3-5-8-17/h3-5,7-8,16,18H,6,9-15H2,1-2H3,(H,22,25)/t18-/m1/s1. The molecule has 0 saturated carbocycles. The van der Waals surface area contributed by atoms with Crippen LogP contribution in [0.15, 0.2) is 30.3 Å². The first kappa shape index (κ1) is 21.1. The number of nitrogens with one attached hydrogen (secondary N) is 1. The molecule has 6 nitrogen and oxygen atoms in total. The molecular formula is C21H30N2O4. The second kappa shape index (κ2) is 10.8. The highest BCUT2D eigenvalue weighted by molar-refractivity contribution is 5.96. The molecule has 0 unspecified atom stereocenters. The maximum Gasteiger partial charge on any atom is 0.245 e. The zero-order valence-electron chi connectivity index (χ0n) is 16.3. The minimum Gasteiger partial charge on any atom is -0.378 e. The lowest BCUT2D eigenvalue weighted by Crippen LogP contribution is -2.52. The van der Waals surface area contributed by atoms with Gasteiger partial charge in [0.25, 0.3) is 0 Å². The molecule has 1 aromatic rings. The molecule has 1 aliphatic heterocycles. The lowest BCUT2D eigenvalue weighted by atomic mass is 10.0. The van der Waals surface area contributed by atoms with Crippen LogP contribution in [0.1, 0.15) is 49.9 Å². The van der Waals surface area contributed by atoms with E-state index < -0.39 is 6.04 Å². The fraction of sp³-hybridized carbons (Fsp3) is 0.571. The van der Waals surface area contributed by atoms with Crippen LogP contribution >= 0.6 is 0 Å². The van der Waals surface area contributed by atoms with Crippen LogP contribution in [-0.4, -0.2) is 54.8 Å². The first-order valence-electron chi connectivity index (χ1n) is 9.71. The first-order chi connectivity index (χ1) is 13.0. The van der Waals surface area contributed by atoms with Crippen molar-refractivity contribution in [3.63, 3.8) is 0 Å². The van der Waals surface area contributed by atoms with Crippen molar-refractivity contribution in [2.24, 2.45) is 5.92 Å². The summed E-state index contributed by atoms with van der Waals surface area (Å²) in [4.78, 5) is 38.9. The molecule has 27 heavy (non-hydrogen) atoms. The molecule has 1 N–H and O–H groups in total. The topological polar surface area (TPSA) is 75.7 Å². The number of nitrogens with zero attached hydrogens (tertiary/aromatic N) is 1. The summed E-state index contributed by atoms with van der Waals surface area (Å²) in [7, 11) is 0. The monoisotopic (exact) mass is 374 g/mol. The number of ketones is 1. The van der Waals surface area contributed by atoms with Crippen molar-refractivity contribution >= 4 is 17.6 Å². The van der Waals surface area contributed by atoms with Crippen molar-refractivity contribution in [2.45, 2.75) is 45.6 Å². The van der Waals surface area contributed by atoms with E-state index in [2.05, 4.69) is 5.32 Å². The van der Waals surface area contributed by atoms with Gasteiger partial charge in [-0.05, 0) is 18.8 Å². The van der Waals surface area contributed by atoms with E-state index in [1.54, 1.807) is 17.0 Å². The summed E-state index contributed by atoms with van der Waals surface area (Å²) in [5.41, 5.74) is 0.665. The van der Waals surface area contributed by atoms with Gasteiger partial charge in [-0.2, -0.15) is 0 Å². The number of carbonyl (C=O) groups is 3. The second-order valence-electron chi connectivity index (χ2n) is 7.33. The number of benzene rings is 1. The maximum atomic E-state index is 12.7. The van der Waals surface area contributed by atoms with Gasteiger partial charge in [-0.25, -0.2) is 0 Å². The molecule has 0 aliphatic carbocycles. The van der Waals surface area contributed by atoms with Crippen molar-refractivity contribution < 1.29 is 19.1 Å². The Bertz CT molecular complexity index is 624. The molecular weight excluding hydrogens is 344 g/mol. The van der Waals surface area contributed by atoms with Crippen LogP contribution in [0.5, 0.6) is 0 Å². The molecule has 1 fully saturated rings. The normalized spacial score (nSPS) is 15.4. The van der Waals surface area contributed by atoms with Crippen molar-refractivity contribution in [1.82, 2.24) is 10.2 Å². The van der Waals surface area contributed by atoms with Crippen LogP contribution < -0.4 is 5.32 Å². The summed E-state index contributed by atoms with van der Waals surface area (Å²) in [5.74, 6) is 0.107. The molecule has 1 atom stereocenters. The highest BCUT2D eigenvalue weighted by atomic mass is 16.5. The largest absolute Gasteiger partial charge is 0.378 e. The van der Waals surface area contributed by atoms with Crippen LogP contribution in [0.4, 0.5) is 0 Å². The molecule has 2 rings (SSSR count). The minimum atomic E-state index is -0.513. The predicted molar refractivity (Wildman–Crippen MR) is 103 cm³/mol. The number of amides is 2. The van der Waals surface area contributed by atoms with Crippen molar-refractivity contribution in [1.29, 1.82) is 0 Å². The van der Waals surface area contributed by atoms with Gasteiger partial charge in [0.2, 0.25) is 11.8 Å². The van der Waals surface area contributed by atoms with E-state index in [1.807, 2.05) is 32.0 Å². The molecule has 2 amide bonds. The molecule has 6 heteroatoms. The van der Waals surface area contributed by atoms with E-state index in [0.717, 1.165) is 0 Å². The van der Waals surface area contributed by atoms with Crippen molar-refractivity contribution in [3.05, 3.63) is 35.9 Å². The number of Topliss-reactive ketones (excluding diaryl/α,β-unsaturated/α-hetero) is 1. The molecule has 1 aromatic carbocycles. The Morgan fingerprint density at radius 1 is 1.07 bits per heavy atom. The fourth-order valence-corrected chi connectivity index (χ4v) is 3.14. The van der Waals surface area contributed by atoms with Gasteiger partial charge in [0.05, 0.1) is 13.2 Å². The molecule has 0 spiro atoms. The van der Waals surface area contributed by atoms with Crippen LogP contribution in [0.25, 0.3) is 0 Å². The molecule has 0 aromatic heterocycles. The molecule has 148 valence electrons. The van der Waals surface area contributed by atoms with E-state index in [1.165, 1.54) is 0 Å². The van der Waals surface area contributed by atoms with E-state index in [4.69, 9.17) is 4.74 Å². The Morgan fingerprint density at radius 2 is 1.74 bits per heavy atom. The summed E-state index contributed by atoms with van der Waals surface area (Å²) in [6.07, 6.45) is 1.64. The quantitative estimate of drug-likeness (QED) is 0.674. The molecule has 1 saturated heterocycles. The third kappa shape index (κ3) is 7.13. The van der Waals surface area contributed by atoms with Gasteiger partial charge in [0.1, 0.15) is 6.04 Å². The second-order valence-corrected chi connectivity index (χ2v) is 7.33. The lowest BCUT2D eigenvalue weighted by molar-refractivity contribution is -0.140. The third-order valence-corrected chi connectivity index (χ3v) is 4.57. The predicted octanol–water partition coefficient (Wildman–Crippen LogP) is 2.43. The Kier molecular flexibility index (Phi) is 8.45. The number of rotatable bonds is 9. The Hall–Kier alpha value is -2.21. The average molecular weight is 374 g/mol. The Labute approximate surface area is 161 Å². The zero-order chi connectivity index (χ0) is 19.6. The van der Waals surface area contributed by atoms with E-state index in [9.17, 15) is 14.4 Å². The lowest BCUT2D eigenvalue weighted by Gasteiger charge is -2.31. The van der Waals surface area contributed by atoms with Gasteiger partial charge in [0, 0.05) is 31.5 Å². The summed E-state index contributed by atoms with van der Waals surface area (Å²) >= 11 is 0. The highest BCUT2D eigenvalue weighted by Gasteiger charge is 2.27. The minimum absolute atomic E-state index is 0.0338. The third-order valence-electron chi connectivity index (χ3n) is 4.57. The van der Waals surface area contributed by atoms with E-state index in [0.29, 0.717) is 57.0 Å². The first-order valence-corrected chi connectivity index (χ1v) is 9.71. The number of hydrogen-bond donors (Lipinski definition) is 1. The van der Waals surface area contributed by atoms with Gasteiger partial charge in [0.15, 0.2) is 5.78 Å². The van der Waals surface area contributed by atoms with E-state index >= 15 is 0 Å². The number of hydrogen-bond acceptors (Lipinski definition) is 4. The highest BCUT2D eigenvalue weighted by Crippen LogP contribution is 2.11. The van der Waals surface area contributed by atoms with E-state index in [-0.39, 0.29) is 24.0 Å². The maximum absolute atomic E-state index is 12.7. The Balaban J connectivity index is 1.82. The van der Waals surface area contributed by atoms with Crippen LogP contribution in [-0.2, 0) is 14.3 Å². The molecule has 1 aliphatic rings. The Morgan fingerprint density at radius 3 is 2.37 bits per heavy atom. The number of ether oxygens (including phenoxy) is 1. The van der Waals surface area contributed by atoms with Gasteiger partial charge in [-0.1, -0.05) is 44.2 Å².